The Kier molecular flexibility index (Phi) is 6.32. The second-order valence-electron chi connectivity index (χ2n) is 7.72. The Labute approximate surface area is 184 Å². The minimum atomic E-state index is -4.46. The van der Waals surface area contributed by atoms with Gasteiger partial charge in [0.1, 0.15) is 5.56 Å². The number of hydrogen-bond acceptors (Lipinski definition) is 5. The molecule has 2 aromatic carbocycles. The molecule has 0 radical (unpaired) electrons. The summed E-state index contributed by atoms with van der Waals surface area (Å²) in [5.41, 5.74) is 1.52. The van der Waals surface area contributed by atoms with E-state index in [4.69, 9.17) is 4.74 Å². The van der Waals surface area contributed by atoms with Crippen molar-refractivity contribution < 1.29 is 22.7 Å². The van der Waals surface area contributed by atoms with Crippen LogP contribution in [0.5, 0.6) is 0 Å². The van der Waals surface area contributed by atoms with E-state index in [9.17, 15) is 18.0 Å². The lowest BCUT2D eigenvalue weighted by Gasteiger charge is -2.37. The third-order valence-corrected chi connectivity index (χ3v) is 5.60. The van der Waals surface area contributed by atoms with E-state index in [0.717, 1.165) is 31.8 Å². The highest BCUT2D eigenvalue weighted by Gasteiger charge is 2.32. The van der Waals surface area contributed by atoms with Crippen molar-refractivity contribution >= 4 is 22.6 Å². The standard InChI is InChI=1S/C24H24F3N3O2/c1-2-32-23(31)20-15-28-21-14-18(24(25,26)27)8-9-19(21)22(20)30-12-10-29(11-13-30)16-17-6-4-3-5-7-17/h3-9,14-15H,2,10-13,16H2,1H3. The van der Waals surface area contributed by atoms with Crippen LogP contribution in [0.2, 0.25) is 0 Å². The number of anilines is 1. The van der Waals surface area contributed by atoms with Crippen LogP contribution in [0.15, 0.2) is 54.7 Å². The normalized spacial score (nSPS) is 15.2. The number of halogens is 3. The molecule has 0 unspecified atom stereocenters. The molecule has 0 amide bonds. The molecule has 1 saturated heterocycles. The average Bonchev–Trinajstić information content (AvgIpc) is 2.79. The highest BCUT2D eigenvalue weighted by Crippen LogP contribution is 2.36. The Balaban J connectivity index is 1.65. The molecule has 0 bridgehead atoms. The van der Waals surface area contributed by atoms with Crippen LogP contribution in [-0.4, -0.2) is 48.6 Å². The molecule has 4 rings (SSSR count). The Hall–Kier alpha value is -3.13. The summed E-state index contributed by atoms with van der Waals surface area (Å²) in [5, 5.41) is 0.514. The second-order valence-corrected chi connectivity index (χ2v) is 7.72. The van der Waals surface area contributed by atoms with Gasteiger partial charge in [-0.05, 0) is 24.6 Å². The van der Waals surface area contributed by atoms with Gasteiger partial charge in [0.15, 0.2) is 0 Å². The summed E-state index contributed by atoms with van der Waals surface area (Å²) in [5.74, 6) is -0.525. The largest absolute Gasteiger partial charge is 0.462 e. The molecule has 1 fully saturated rings. The van der Waals surface area contributed by atoms with Crippen LogP contribution in [0.4, 0.5) is 18.9 Å². The van der Waals surface area contributed by atoms with Crippen LogP contribution in [0.1, 0.15) is 28.4 Å². The summed E-state index contributed by atoms with van der Waals surface area (Å²) in [4.78, 5) is 21.1. The fraction of sp³-hybridized carbons (Fsp3) is 0.333. The zero-order valence-corrected chi connectivity index (χ0v) is 17.7. The molecule has 8 heteroatoms. The van der Waals surface area contributed by atoms with Gasteiger partial charge in [-0.3, -0.25) is 9.88 Å². The van der Waals surface area contributed by atoms with E-state index in [-0.39, 0.29) is 17.7 Å². The SMILES string of the molecule is CCOC(=O)c1cnc2cc(C(F)(F)F)ccc2c1N1CCN(Cc2ccccc2)CC1. The van der Waals surface area contributed by atoms with Crippen molar-refractivity contribution in [1.29, 1.82) is 0 Å². The van der Waals surface area contributed by atoms with Crippen molar-refractivity contribution in [2.45, 2.75) is 19.6 Å². The quantitative estimate of drug-likeness (QED) is 0.533. The molecular weight excluding hydrogens is 419 g/mol. The molecule has 1 aliphatic heterocycles. The van der Waals surface area contributed by atoms with E-state index in [2.05, 4.69) is 22.0 Å². The van der Waals surface area contributed by atoms with Gasteiger partial charge in [0, 0.05) is 44.3 Å². The predicted octanol–water partition coefficient (Wildman–Crippen LogP) is 4.75. The number of pyridine rings is 1. The number of fused-ring (bicyclic) bond motifs is 1. The molecule has 0 saturated carbocycles. The summed E-state index contributed by atoms with van der Waals surface area (Å²) < 4.78 is 44.7. The first-order valence-electron chi connectivity index (χ1n) is 10.5. The van der Waals surface area contributed by atoms with Gasteiger partial charge in [-0.2, -0.15) is 13.2 Å². The van der Waals surface area contributed by atoms with Crippen LogP contribution in [0.3, 0.4) is 0 Å². The molecule has 2 heterocycles. The summed E-state index contributed by atoms with van der Waals surface area (Å²) in [6.07, 6.45) is -3.13. The average molecular weight is 443 g/mol. The molecular formula is C24H24F3N3O2. The zero-order chi connectivity index (χ0) is 22.7. The van der Waals surface area contributed by atoms with E-state index >= 15 is 0 Å². The van der Waals surface area contributed by atoms with Gasteiger partial charge in [-0.15, -0.1) is 0 Å². The number of aromatic nitrogens is 1. The van der Waals surface area contributed by atoms with Gasteiger partial charge >= 0.3 is 12.1 Å². The predicted molar refractivity (Wildman–Crippen MR) is 117 cm³/mol. The van der Waals surface area contributed by atoms with Gasteiger partial charge in [-0.25, -0.2) is 4.79 Å². The summed E-state index contributed by atoms with van der Waals surface area (Å²) >= 11 is 0. The lowest BCUT2D eigenvalue weighted by atomic mass is 10.0. The molecule has 0 N–H and O–H groups in total. The lowest BCUT2D eigenvalue weighted by Crippen LogP contribution is -2.46. The number of rotatable bonds is 5. The Morgan fingerprint density at radius 3 is 2.44 bits per heavy atom. The number of ether oxygens (including phenoxy) is 1. The Morgan fingerprint density at radius 1 is 1.06 bits per heavy atom. The number of carbonyl (C=O) groups is 1. The maximum atomic E-state index is 13.2. The third kappa shape index (κ3) is 4.70. The minimum Gasteiger partial charge on any atom is -0.462 e. The minimum absolute atomic E-state index is 0.203. The molecule has 1 aliphatic rings. The van der Waals surface area contributed by atoms with Crippen LogP contribution in [-0.2, 0) is 17.5 Å². The van der Waals surface area contributed by atoms with E-state index in [1.807, 2.05) is 23.1 Å². The summed E-state index contributed by atoms with van der Waals surface area (Å²) in [6.45, 7) is 5.55. The van der Waals surface area contributed by atoms with Crippen molar-refractivity contribution in [2.75, 3.05) is 37.7 Å². The topological polar surface area (TPSA) is 45.7 Å². The van der Waals surface area contributed by atoms with Gasteiger partial charge in [0.2, 0.25) is 0 Å². The third-order valence-electron chi connectivity index (χ3n) is 5.60. The molecule has 0 spiro atoms. The maximum absolute atomic E-state index is 13.2. The van der Waals surface area contributed by atoms with Gasteiger partial charge in [-0.1, -0.05) is 36.4 Å². The number of nitrogens with zero attached hydrogens (tertiary/aromatic N) is 3. The van der Waals surface area contributed by atoms with E-state index < -0.39 is 17.7 Å². The highest BCUT2D eigenvalue weighted by atomic mass is 19.4. The molecule has 1 aromatic heterocycles. The molecule has 32 heavy (non-hydrogen) atoms. The molecule has 3 aromatic rings. The monoisotopic (exact) mass is 443 g/mol. The molecule has 5 nitrogen and oxygen atoms in total. The Bertz CT molecular complexity index is 1090. The number of piperazine rings is 1. The Morgan fingerprint density at radius 2 is 1.78 bits per heavy atom. The summed E-state index contributed by atoms with van der Waals surface area (Å²) in [7, 11) is 0. The first-order valence-corrected chi connectivity index (χ1v) is 10.5. The van der Waals surface area contributed by atoms with Crippen molar-refractivity contribution in [2.24, 2.45) is 0 Å². The van der Waals surface area contributed by atoms with Gasteiger partial charge in [0.05, 0.1) is 23.4 Å². The van der Waals surface area contributed by atoms with Crippen LogP contribution < -0.4 is 4.90 Å². The highest BCUT2D eigenvalue weighted by molar-refractivity contribution is 6.05. The van der Waals surface area contributed by atoms with Crippen molar-refractivity contribution in [3.05, 3.63) is 71.4 Å². The van der Waals surface area contributed by atoms with E-state index in [0.29, 0.717) is 24.2 Å². The second kappa shape index (κ2) is 9.16. The first kappa shape index (κ1) is 22.1. The van der Waals surface area contributed by atoms with Gasteiger partial charge in [0.25, 0.3) is 0 Å². The fourth-order valence-corrected chi connectivity index (χ4v) is 4.03. The summed E-state index contributed by atoms with van der Waals surface area (Å²) in [6, 6.07) is 13.6. The van der Waals surface area contributed by atoms with Crippen molar-refractivity contribution in [3.8, 4) is 0 Å². The molecule has 0 atom stereocenters. The van der Waals surface area contributed by atoms with Gasteiger partial charge < -0.3 is 9.64 Å². The van der Waals surface area contributed by atoms with Crippen molar-refractivity contribution in [1.82, 2.24) is 9.88 Å². The van der Waals surface area contributed by atoms with Crippen molar-refractivity contribution in [3.63, 3.8) is 0 Å². The van der Waals surface area contributed by atoms with Crippen LogP contribution >= 0.6 is 0 Å². The number of hydrogen-bond donors (Lipinski definition) is 0. The number of alkyl halides is 3. The zero-order valence-electron chi connectivity index (χ0n) is 17.7. The van der Waals surface area contributed by atoms with E-state index in [1.54, 1.807) is 6.92 Å². The molecule has 0 aliphatic carbocycles. The smallest absolute Gasteiger partial charge is 0.416 e. The van der Waals surface area contributed by atoms with E-state index in [1.165, 1.54) is 17.8 Å². The first-order chi connectivity index (χ1) is 15.4. The number of benzene rings is 2. The number of carbonyl (C=O) groups excluding carboxylic acids is 1. The van der Waals surface area contributed by atoms with Crippen LogP contribution in [0.25, 0.3) is 10.9 Å². The maximum Gasteiger partial charge on any atom is 0.416 e. The number of esters is 1. The fourth-order valence-electron chi connectivity index (χ4n) is 4.03. The van der Waals surface area contributed by atoms with Crippen LogP contribution in [0, 0.1) is 0 Å². The lowest BCUT2D eigenvalue weighted by molar-refractivity contribution is -0.137. The molecule has 168 valence electrons.